The molecule has 1 unspecified atom stereocenters. The number of anilines is 1. The maximum absolute atomic E-state index is 13.7. The number of β-amino-alcohol motifs (C(OH)–C–C–N with tert-alkyl or cyclic N) is 1. The minimum atomic E-state index is -0.495. The maximum atomic E-state index is 13.7. The summed E-state index contributed by atoms with van der Waals surface area (Å²) in [6, 6.07) is 10.5. The van der Waals surface area contributed by atoms with Crippen LogP contribution in [0.1, 0.15) is 24.0 Å². The molecule has 0 radical (unpaired) electrons. The maximum Gasteiger partial charge on any atom is 0.273 e. The van der Waals surface area contributed by atoms with Gasteiger partial charge < -0.3 is 10.0 Å². The molecule has 1 saturated heterocycles. The number of thiophene rings is 1. The van der Waals surface area contributed by atoms with Crippen LogP contribution in [0, 0.1) is 16.5 Å². The van der Waals surface area contributed by atoms with Crippen LogP contribution in [0.4, 0.5) is 10.3 Å². The molecule has 1 aliphatic heterocycles. The lowest BCUT2D eigenvalue weighted by Crippen LogP contribution is -2.42. The van der Waals surface area contributed by atoms with Gasteiger partial charge in [0.1, 0.15) is 4.70 Å². The van der Waals surface area contributed by atoms with Crippen molar-refractivity contribution in [2.75, 3.05) is 18.0 Å². The highest BCUT2D eigenvalue weighted by Gasteiger charge is 2.24. The molecule has 6 nitrogen and oxygen atoms in total. The number of hydrogen-bond donors (Lipinski definition) is 1. The summed E-state index contributed by atoms with van der Waals surface area (Å²) in [6.07, 6.45) is 0.986. The molecule has 3 aromatic rings. The van der Waals surface area contributed by atoms with Crippen molar-refractivity contribution in [2.45, 2.75) is 25.5 Å². The summed E-state index contributed by atoms with van der Waals surface area (Å²) in [6.45, 7) is 1.18. The first-order chi connectivity index (χ1) is 13.1. The number of aliphatic hydroxyl groups is 1. The summed E-state index contributed by atoms with van der Waals surface area (Å²) in [5.74, 6) is 0.400. The van der Waals surface area contributed by atoms with E-state index in [1.165, 1.54) is 10.6 Å². The first kappa shape index (κ1) is 17.6. The number of piperidine rings is 1. The first-order valence-electron chi connectivity index (χ1n) is 8.67. The number of hydrogen-bond acceptors (Lipinski definition) is 6. The first-order valence-corrected chi connectivity index (χ1v) is 9.49. The van der Waals surface area contributed by atoms with E-state index >= 15 is 0 Å². The van der Waals surface area contributed by atoms with Crippen molar-refractivity contribution in [2.24, 2.45) is 0 Å². The Morgan fingerprint density at radius 3 is 3.00 bits per heavy atom. The van der Waals surface area contributed by atoms with E-state index < -0.39 is 11.2 Å². The average molecular weight is 384 g/mol. The molecular formula is C19H17FN4O2S. The van der Waals surface area contributed by atoms with E-state index in [-0.39, 0.29) is 16.8 Å². The molecule has 2 aromatic heterocycles. The summed E-state index contributed by atoms with van der Waals surface area (Å²) in [7, 11) is 0. The quantitative estimate of drug-likeness (QED) is 0.750. The molecular weight excluding hydrogens is 367 g/mol. The monoisotopic (exact) mass is 384 g/mol. The van der Waals surface area contributed by atoms with Crippen molar-refractivity contribution >= 4 is 27.5 Å². The predicted octanol–water partition coefficient (Wildman–Crippen LogP) is 2.48. The SMILES string of the molecule is N#Cc1ccccc1Cn1c(N2CCCC(O)C2)nc2cc(F)sc2c1=O. The van der Waals surface area contributed by atoms with E-state index in [1.54, 1.807) is 18.2 Å². The number of nitriles is 1. The average Bonchev–Trinajstić information content (AvgIpc) is 3.05. The second-order valence-corrected chi connectivity index (χ2v) is 7.58. The molecule has 0 spiro atoms. The highest BCUT2D eigenvalue weighted by molar-refractivity contribution is 7.17. The summed E-state index contributed by atoms with van der Waals surface area (Å²) in [5, 5.41) is 18.9. The minimum Gasteiger partial charge on any atom is -0.391 e. The van der Waals surface area contributed by atoms with Gasteiger partial charge in [-0.05, 0) is 24.5 Å². The Kier molecular flexibility index (Phi) is 4.64. The van der Waals surface area contributed by atoms with Gasteiger partial charge >= 0.3 is 0 Å². The number of halogens is 1. The van der Waals surface area contributed by atoms with Gasteiger partial charge in [-0.25, -0.2) is 4.98 Å². The van der Waals surface area contributed by atoms with Crippen LogP contribution in [0.3, 0.4) is 0 Å². The molecule has 0 amide bonds. The standard InChI is InChI=1S/C19H17FN4O2S/c20-16-8-15-17(27-16)18(26)24(10-13-5-2-1-4-12(13)9-21)19(22-15)23-7-3-6-14(25)11-23/h1-2,4-5,8,14,25H,3,6-7,10-11H2. The van der Waals surface area contributed by atoms with Crippen molar-refractivity contribution in [3.05, 3.63) is 56.9 Å². The molecule has 4 rings (SSSR count). The third-order valence-corrected chi connectivity index (χ3v) is 5.63. The predicted molar refractivity (Wildman–Crippen MR) is 102 cm³/mol. The van der Waals surface area contributed by atoms with Gasteiger partial charge in [0.05, 0.1) is 29.8 Å². The van der Waals surface area contributed by atoms with Crippen LogP contribution < -0.4 is 10.5 Å². The van der Waals surface area contributed by atoms with Gasteiger partial charge in [0.15, 0.2) is 5.13 Å². The number of nitrogens with zero attached hydrogens (tertiary/aromatic N) is 4. The van der Waals surface area contributed by atoms with E-state index in [2.05, 4.69) is 11.1 Å². The normalized spacial score (nSPS) is 17.2. The van der Waals surface area contributed by atoms with Crippen LogP contribution in [0.15, 0.2) is 35.1 Å². The van der Waals surface area contributed by atoms with Gasteiger partial charge in [0, 0.05) is 19.2 Å². The highest BCUT2D eigenvalue weighted by Crippen LogP contribution is 2.25. The van der Waals surface area contributed by atoms with Crippen molar-refractivity contribution in [1.82, 2.24) is 9.55 Å². The number of rotatable bonds is 3. The summed E-state index contributed by atoms with van der Waals surface area (Å²) < 4.78 is 15.5. The molecule has 138 valence electrons. The van der Waals surface area contributed by atoms with E-state index in [9.17, 15) is 19.6 Å². The largest absolute Gasteiger partial charge is 0.391 e. The minimum absolute atomic E-state index is 0.160. The Bertz CT molecular complexity index is 1100. The van der Waals surface area contributed by atoms with Gasteiger partial charge in [-0.1, -0.05) is 29.5 Å². The van der Waals surface area contributed by atoms with E-state index in [1.807, 2.05) is 11.0 Å². The van der Waals surface area contributed by atoms with Crippen LogP contribution in [-0.2, 0) is 6.54 Å². The molecule has 27 heavy (non-hydrogen) atoms. The third-order valence-electron chi connectivity index (χ3n) is 4.73. The lowest BCUT2D eigenvalue weighted by Gasteiger charge is -2.32. The van der Waals surface area contributed by atoms with E-state index in [0.29, 0.717) is 42.1 Å². The molecule has 0 aliphatic carbocycles. The van der Waals surface area contributed by atoms with E-state index in [0.717, 1.165) is 17.8 Å². The Hall–Kier alpha value is -2.76. The van der Waals surface area contributed by atoms with E-state index in [4.69, 9.17) is 0 Å². The molecule has 1 aliphatic rings. The Balaban J connectivity index is 1.88. The van der Waals surface area contributed by atoms with Crippen LogP contribution in [-0.4, -0.2) is 33.9 Å². The van der Waals surface area contributed by atoms with Gasteiger partial charge in [-0.3, -0.25) is 9.36 Å². The van der Waals surface area contributed by atoms with Crippen molar-refractivity contribution in [3.8, 4) is 6.07 Å². The molecule has 0 bridgehead atoms. The Morgan fingerprint density at radius 2 is 2.22 bits per heavy atom. The summed E-state index contributed by atoms with van der Waals surface area (Å²) >= 11 is 0.774. The molecule has 3 heterocycles. The summed E-state index contributed by atoms with van der Waals surface area (Å²) in [4.78, 5) is 19.5. The number of benzene rings is 1. The van der Waals surface area contributed by atoms with Gasteiger partial charge in [-0.2, -0.15) is 9.65 Å². The molecule has 8 heteroatoms. The zero-order valence-corrected chi connectivity index (χ0v) is 15.2. The van der Waals surface area contributed by atoms with Crippen LogP contribution in [0.2, 0.25) is 0 Å². The van der Waals surface area contributed by atoms with Crippen molar-refractivity contribution < 1.29 is 9.50 Å². The summed E-state index contributed by atoms with van der Waals surface area (Å²) in [5.41, 5.74) is 1.16. The fraction of sp³-hybridized carbons (Fsp3) is 0.316. The molecule has 0 saturated carbocycles. The van der Waals surface area contributed by atoms with Crippen molar-refractivity contribution in [3.63, 3.8) is 0 Å². The van der Waals surface area contributed by atoms with Gasteiger partial charge in [-0.15, -0.1) is 0 Å². The van der Waals surface area contributed by atoms with Crippen LogP contribution >= 0.6 is 11.3 Å². The molecule has 1 aromatic carbocycles. The van der Waals surface area contributed by atoms with Crippen LogP contribution in [0.25, 0.3) is 10.2 Å². The zero-order chi connectivity index (χ0) is 19.0. The number of aliphatic hydroxyl groups excluding tert-OH is 1. The van der Waals surface area contributed by atoms with Crippen LogP contribution in [0.5, 0.6) is 0 Å². The molecule has 1 atom stereocenters. The van der Waals surface area contributed by atoms with Gasteiger partial charge in [0.25, 0.3) is 5.56 Å². The fourth-order valence-corrected chi connectivity index (χ4v) is 4.20. The zero-order valence-electron chi connectivity index (χ0n) is 14.4. The Labute approximate surface area is 158 Å². The number of fused-ring (bicyclic) bond motifs is 1. The second-order valence-electron chi connectivity index (χ2n) is 6.58. The fourth-order valence-electron chi connectivity index (χ4n) is 3.43. The molecule has 1 N–H and O–H groups in total. The number of aromatic nitrogens is 2. The lowest BCUT2D eigenvalue weighted by molar-refractivity contribution is 0.153. The molecule has 1 fully saturated rings. The topological polar surface area (TPSA) is 82.2 Å². The van der Waals surface area contributed by atoms with Crippen molar-refractivity contribution in [1.29, 1.82) is 5.26 Å². The smallest absolute Gasteiger partial charge is 0.273 e. The van der Waals surface area contributed by atoms with Gasteiger partial charge in [0.2, 0.25) is 5.95 Å². The second kappa shape index (κ2) is 7.10. The highest BCUT2D eigenvalue weighted by atomic mass is 32.1. The Morgan fingerprint density at radius 1 is 1.41 bits per heavy atom. The third kappa shape index (κ3) is 3.31. The lowest BCUT2D eigenvalue weighted by atomic mass is 10.1.